The van der Waals surface area contributed by atoms with E-state index in [4.69, 9.17) is 4.74 Å². The number of rotatable bonds is 5. The van der Waals surface area contributed by atoms with Crippen molar-refractivity contribution in [2.75, 3.05) is 20.2 Å². The van der Waals surface area contributed by atoms with Gasteiger partial charge in [-0.25, -0.2) is 4.39 Å². The van der Waals surface area contributed by atoms with Gasteiger partial charge in [-0.2, -0.15) is 13.2 Å². The Kier molecular flexibility index (Phi) is 5.71. The number of benzene rings is 1. The zero-order chi connectivity index (χ0) is 16.2. The zero-order valence-electron chi connectivity index (χ0n) is 12.0. The van der Waals surface area contributed by atoms with Crippen molar-refractivity contribution in [2.45, 2.75) is 26.1 Å². The van der Waals surface area contributed by atoms with E-state index in [9.17, 15) is 22.4 Å². The normalized spacial score (nSPS) is 11.8. The third-order valence-electron chi connectivity index (χ3n) is 2.74. The van der Waals surface area contributed by atoms with Crippen LogP contribution < -0.4 is 0 Å². The van der Waals surface area contributed by atoms with Crippen LogP contribution in [0.2, 0.25) is 0 Å². The lowest BCUT2D eigenvalue weighted by molar-refractivity contribution is -0.140. The van der Waals surface area contributed by atoms with E-state index in [0.717, 1.165) is 6.07 Å². The van der Waals surface area contributed by atoms with E-state index in [-0.39, 0.29) is 24.8 Å². The highest BCUT2D eigenvalue weighted by molar-refractivity contribution is 5.94. The lowest BCUT2D eigenvalue weighted by Gasteiger charge is -2.19. The van der Waals surface area contributed by atoms with Gasteiger partial charge in [0.15, 0.2) is 0 Å². The molecule has 1 rings (SSSR count). The van der Waals surface area contributed by atoms with Crippen LogP contribution in [-0.4, -0.2) is 37.1 Å². The monoisotopic (exact) mass is 307 g/mol. The van der Waals surface area contributed by atoms with Gasteiger partial charge >= 0.3 is 6.18 Å². The van der Waals surface area contributed by atoms with Crippen LogP contribution in [0.15, 0.2) is 18.2 Å². The molecule has 0 radical (unpaired) electrons. The molecule has 118 valence electrons. The Morgan fingerprint density at radius 2 is 1.95 bits per heavy atom. The van der Waals surface area contributed by atoms with Crippen molar-refractivity contribution in [3.05, 3.63) is 35.1 Å². The number of hydrogen-bond acceptors (Lipinski definition) is 2. The van der Waals surface area contributed by atoms with Crippen LogP contribution in [0.5, 0.6) is 0 Å². The van der Waals surface area contributed by atoms with Gasteiger partial charge in [0.05, 0.1) is 18.3 Å². The second-order valence-electron chi connectivity index (χ2n) is 4.84. The van der Waals surface area contributed by atoms with Gasteiger partial charge < -0.3 is 9.64 Å². The number of alkyl halides is 3. The quantitative estimate of drug-likeness (QED) is 0.781. The number of amides is 1. The molecule has 0 fully saturated rings. The highest BCUT2D eigenvalue weighted by Crippen LogP contribution is 2.32. The average Bonchev–Trinajstić information content (AvgIpc) is 2.36. The molecule has 1 amide bonds. The Balaban J connectivity index is 2.83. The first kappa shape index (κ1) is 17.4. The van der Waals surface area contributed by atoms with Crippen molar-refractivity contribution in [1.82, 2.24) is 4.90 Å². The molecule has 0 aromatic heterocycles. The number of likely N-dealkylation sites (N-methyl/N-ethyl adjacent to an activating group) is 1. The molecule has 0 aliphatic rings. The van der Waals surface area contributed by atoms with Gasteiger partial charge in [0, 0.05) is 19.2 Å². The molecular formula is C14H17F4NO2. The molecule has 0 aliphatic carbocycles. The largest absolute Gasteiger partial charge is 0.419 e. The number of ether oxygens (including phenoxy) is 1. The smallest absolute Gasteiger partial charge is 0.377 e. The molecule has 0 heterocycles. The maximum absolute atomic E-state index is 13.2. The summed E-state index contributed by atoms with van der Waals surface area (Å²) >= 11 is 0. The van der Waals surface area contributed by atoms with Crippen molar-refractivity contribution < 1.29 is 27.1 Å². The van der Waals surface area contributed by atoms with E-state index in [1.54, 1.807) is 0 Å². The highest BCUT2D eigenvalue weighted by Gasteiger charge is 2.34. The van der Waals surface area contributed by atoms with E-state index in [2.05, 4.69) is 0 Å². The molecule has 0 N–H and O–H groups in total. The summed E-state index contributed by atoms with van der Waals surface area (Å²) in [6, 6.07) is 2.21. The molecule has 0 unspecified atom stereocenters. The van der Waals surface area contributed by atoms with Gasteiger partial charge in [-0.15, -0.1) is 0 Å². The van der Waals surface area contributed by atoms with Crippen molar-refractivity contribution >= 4 is 5.91 Å². The Morgan fingerprint density at radius 1 is 1.33 bits per heavy atom. The minimum absolute atomic E-state index is 0.00356. The number of carbonyl (C=O) groups excluding carboxylic acids is 1. The Morgan fingerprint density at radius 3 is 2.48 bits per heavy atom. The topological polar surface area (TPSA) is 29.5 Å². The molecule has 0 spiro atoms. The summed E-state index contributed by atoms with van der Waals surface area (Å²) in [6.45, 7) is 4.16. The van der Waals surface area contributed by atoms with Crippen LogP contribution in [0.4, 0.5) is 17.6 Å². The molecule has 7 heteroatoms. The Bertz CT molecular complexity index is 500. The van der Waals surface area contributed by atoms with Gasteiger partial charge in [-0.1, -0.05) is 0 Å². The van der Waals surface area contributed by atoms with Crippen molar-refractivity contribution in [3.8, 4) is 0 Å². The van der Waals surface area contributed by atoms with Gasteiger partial charge in [0.1, 0.15) is 5.82 Å². The van der Waals surface area contributed by atoms with Crippen molar-refractivity contribution in [3.63, 3.8) is 0 Å². The highest BCUT2D eigenvalue weighted by atomic mass is 19.4. The number of carbonyl (C=O) groups is 1. The van der Waals surface area contributed by atoms with Gasteiger partial charge in [-0.3, -0.25) is 4.79 Å². The number of nitrogens with zero attached hydrogens (tertiary/aromatic N) is 1. The first-order valence-electron chi connectivity index (χ1n) is 6.36. The first-order chi connectivity index (χ1) is 9.62. The zero-order valence-corrected chi connectivity index (χ0v) is 12.0. The van der Waals surface area contributed by atoms with Crippen LogP contribution >= 0.6 is 0 Å². The molecule has 0 saturated heterocycles. The summed E-state index contributed by atoms with van der Waals surface area (Å²) in [5.41, 5.74) is -1.66. The summed E-state index contributed by atoms with van der Waals surface area (Å²) in [5, 5.41) is 0. The maximum atomic E-state index is 13.2. The van der Waals surface area contributed by atoms with E-state index in [1.807, 2.05) is 13.8 Å². The fraction of sp³-hybridized carbons (Fsp3) is 0.500. The number of halogens is 4. The second-order valence-corrected chi connectivity index (χ2v) is 4.84. The van der Waals surface area contributed by atoms with Crippen LogP contribution in [0.25, 0.3) is 0 Å². The van der Waals surface area contributed by atoms with E-state index in [0.29, 0.717) is 12.1 Å². The average molecular weight is 307 g/mol. The molecule has 1 aromatic rings. The Hall–Kier alpha value is -1.63. The summed E-state index contributed by atoms with van der Waals surface area (Å²) in [7, 11) is 1.45. The molecule has 21 heavy (non-hydrogen) atoms. The summed E-state index contributed by atoms with van der Waals surface area (Å²) < 4.78 is 56.2. The molecule has 0 saturated carbocycles. The third-order valence-corrected chi connectivity index (χ3v) is 2.74. The van der Waals surface area contributed by atoms with Gasteiger partial charge in [-0.05, 0) is 32.0 Å². The minimum Gasteiger partial charge on any atom is -0.377 e. The standard InChI is InChI=1S/C14H17F4NO2/c1-9(2)21-7-6-19(3)13(20)10-4-5-12(15)11(8-10)14(16,17)18/h4-5,8-9H,6-7H2,1-3H3. The second kappa shape index (κ2) is 6.89. The summed E-state index contributed by atoms with van der Waals surface area (Å²) in [5.74, 6) is -2.02. The van der Waals surface area contributed by atoms with Crippen LogP contribution in [0, 0.1) is 5.82 Å². The molecular weight excluding hydrogens is 290 g/mol. The van der Waals surface area contributed by atoms with Gasteiger partial charge in [0.25, 0.3) is 5.91 Å². The maximum Gasteiger partial charge on any atom is 0.419 e. The molecule has 0 aliphatic heterocycles. The molecule has 3 nitrogen and oxygen atoms in total. The van der Waals surface area contributed by atoms with E-state index >= 15 is 0 Å². The number of hydrogen-bond donors (Lipinski definition) is 0. The van der Waals surface area contributed by atoms with Crippen LogP contribution in [0.1, 0.15) is 29.8 Å². The first-order valence-corrected chi connectivity index (χ1v) is 6.36. The lowest BCUT2D eigenvalue weighted by atomic mass is 10.1. The molecule has 0 atom stereocenters. The third kappa shape index (κ3) is 5.00. The van der Waals surface area contributed by atoms with Crippen molar-refractivity contribution in [2.24, 2.45) is 0 Å². The van der Waals surface area contributed by atoms with Crippen LogP contribution in [0.3, 0.4) is 0 Å². The fourth-order valence-corrected chi connectivity index (χ4v) is 1.62. The lowest BCUT2D eigenvalue weighted by Crippen LogP contribution is -2.31. The predicted octanol–water partition coefficient (Wildman–Crippen LogP) is 3.34. The predicted molar refractivity (Wildman–Crippen MR) is 69.5 cm³/mol. The SMILES string of the molecule is CC(C)OCCN(C)C(=O)c1ccc(F)c(C(F)(F)F)c1. The fourth-order valence-electron chi connectivity index (χ4n) is 1.62. The van der Waals surface area contributed by atoms with Crippen LogP contribution in [-0.2, 0) is 10.9 Å². The Labute approximate surface area is 120 Å². The van der Waals surface area contributed by atoms with E-state index < -0.39 is 23.5 Å². The summed E-state index contributed by atoms with van der Waals surface area (Å²) in [6.07, 6.45) is -4.84. The minimum atomic E-state index is -4.83. The molecule has 0 bridgehead atoms. The van der Waals surface area contributed by atoms with Gasteiger partial charge in [0.2, 0.25) is 0 Å². The summed E-state index contributed by atoms with van der Waals surface area (Å²) in [4.78, 5) is 13.2. The van der Waals surface area contributed by atoms with Crippen molar-refractivity contribution in [1.29, 1.82) is 0 Å². The van der Waals surface area contributed by atoms with E-state index in [1.165, 1.54) is 11.9 Å². The molecule has 1 aromatic carbocycles.